The first-order valence-electron chi connectivity index (χ1n) is 11.2. The highest BCUT2D eigenvalue weighted by Gasteiger charge is 2.30. The van der Waals surface area contributed by atoms with Gasteiger partial charge in [-0.1, -0.05) is 85.7 Å². The fourth-order valence-corrected chi connectivity index (χ4v) is 5.69. The van der Waals surface area contributed by atoms with Crippen LogP contribution < -0.4 is 0 Å². The molecule has 0 spiro atoms. The first-order chi connectivity index (χ1) is 12.7. The Morgan fingerprint density at radius 1 is 0.808 bits per heavy atom. The maximum Gasteiger partial charge on any atom is 0.0175 e. The lowest BCUT2D eigenvalue weighted by Gasteiger charge is -2.38. The third-order valence-electron chi connectivity index (χ3n) is 7.07. The molecule has 0 saturated heterocycles. The van der Waals surface area contributed by atoms with Crippen LogP contribution in [0, 0.1) is 23.7 Å². The summed E-state index contributed by atoms with van der Waals surface area (Å²) in [6.07, 6.45) is 22.3. The van der Waals surface area contributed by atoms with E-state index >= 15 is 0 Å². The number of benzene rings is 1. The van der Waals surface area contributed by atoms with Gasteiger partial charge in [0.05, 0.1) is 0 Å². The second-order valence-corrected chi connectivity index (χ2v) is 9.80. The smallest absolute Gasteiger partial charge is 0.0175 e. The van der Waals surface area contributed by atoms with E-state index in [1.807, 2.05) is 0 Å². The standard InChI is InChI=1S/C25H37Br/c1-2-5-20-8-14-23(15-9-20)24-16-10-21(11-17-24)6-3-4-7-22-12-18-25(26)19-13-22/h4,7,12-13,18-21,23-24H,2-3,5-6,8-11,14-17H2,1H3. The number of allylic oxidation sites excluding steroid dienone is 1. The van der Waals surface area contributed by atoms with Crippen LogP contribution in [0.2, 0.25) is 0 Å². The Morgan fingerprint density at radius 3 is 1.88 bits per heavy atom. The minimum absolute atomic E-state index is 0.984. The molecule has 0 nitrogen and oxygen atoms in total. The summed E-state index contributed by atoms with van der Waals surface area (Å²) in [5, 5.41) is 0. The molecule has 3 rings (SSSR count). The van der Waals surface area contributed by atoms with E-state index in [1.165, 1.54) is 82.6 Å². The highest BCUT2D eigenvalue weighted by Crippen LogP contribution is 2.42. The second kappa shape index (κ2) is 10.7. The average molecular weight is 417 g/mol. The summed E-state index contributed by atoms with van der Waals surface area (Å²) < 4.78 is 1.16. The first-order valence-corrected chi connectivity index (χ1v) is 12.0. The van der Waals surface area contributed by atoms with Crippen LogP contribution in [-0.2, 0) is 0 Å². The molecule has 0 N–H and O–H groups in total. The van der Waals surface area contributed by atoms with Gasteiger partial charge in [0.2, 0.25) is 0 Å². The highest BCUT2D eigenvalue weighted by molar-refractivity contribution is 9.10. The summed E-state index contributed by atoms with van der Waals surface area (Å²) in [4.78, 5) is 0. The summed E-state index contributed by atoms with van der Waals surface area (Å²) in [6.45, 7) is 2.35. The molecular formula is C25H37Br. The molecule has 2 aliphatic carbocycles. The van der Waals surface area contributed by atoms with Crippen LogP contribution in [0.25, 0.3) is 6.08 Å². The van der Waals surface area contributed by atoms with Crippen LogP contribution in [0.15, 0.2) is 34.8 Å². The van der Waals surface area contributed by atoms with E-state index in [1.54, 1.807) is 0 Å². The largest absolute Gasteiger partial charge is 0.0839 e. The van der Waals surface area contributed by atoms with Crippen LogP contribution in [0.4, 0.5) is 0 Å². The normalized spacial score (nSPS) is 29.9. The molecule has 2 aliphatic rings. The minimum Gasteiger partial charge on any atom is -0.0839 e. The molecule has 0 atom stereocenters. The topological polar surface area (TPSA) is 0 Å². The van der Waals surface area contributed by atoms with Gasteiger partial charge in [-0.25, -0.2) is 0 Å². The minimum atomic E-state index is 0.984. The molecule has 2 saturated carbocycles. The zero-order valence-corrected chi connectivity index (χ0v) is 18.2. The van der Waals surface area contributed by atoms with Gasteiger partial charge in [-0.2, -0.15) is 0 Å². The highest BCUT2D eigenvalue weighted by atomic mass is 79.9. The van der Waals surface area contributed by atoms with Gasteiger partial charge in [0.25, 0.3) is 0 Å². The third-order valence-corrected chi connectivity index (χ3v) is 7.60. The predicted octanol–water partition coefficient (Wildman–Crippen LogP) is 8.66. The molecule has 1 aromatic carbocycles. The Kier molecular flexibility index (Phi) is 8.30. The van der Waals surface area contributed by atoms with Gasteiger partial charge in [0.1, 0.15) is 0 Å². The van der Waals surface area contributed by atoms with Gasteiger partial charge < -0.3 is 0 Å². The van der Waals surface area contributed by atoms with Crippen LogP contribution >= 0.6 is 15.9 Å². The van der Waals surface area contributed by atoms with Gasteiger partial charge in [0.15, 0.2) is 0 Å². The van der Waals surface area contributed by atoms with Crippen molar-refractivity contribution in [1.29, 1.82) is 0 Å². The van der Waals surface area contributed by atoms with Crippen molar-refractivity contribution < 1.29 is 0 Å². The Hall–Kier alpha value is -0.560. The van der Waals surface area contributed by atoms with Crippen LogP contribution in [0.3, 0.4) is 0 Å². The van der Waals surface area contributed by atoms with E-state index < -0.39 is 0 Å². The van der Waals surface area contributed by atoms with Crippen LogP contribution in [-0.4, -0.2) is 0 Å². The zero-order valence-electron chi connectivity index (χ0n) is 16.6. The van der Waals surface area contributed by atoms with Crippen molar-refractivity contribution in [3.05, 3.63) is 40.4 Å². The Balaban J connectivity index is 1.32. The predicted molar refractivity (Wildman–Crippen MR) is 118 cm³/mol. The van der Waals surface area contributed by atoms with Crippen molar-refractivity contribution >= 4 is 22.0 Å². The SMILES string of the molecule is CCCC1CCC(C2CCC(CCC=Cc3ccc(Br)cc3)CC2)CC1. The molecule has 0 heterocycles. The lowest BCUT2D eigenvalue weighted by molar-refractivity contribution is 0.141. The summed E-state index contributed by atoms with van der Waals surface area (Å²) in [5.41, 5.74) is 1.32. The summed E-state index contributed by atoms with van der Waals surface area (Å²) in [5.74, 6) is 4.18. The Morgan fingerprint density at radius 2 is 1.35 bits per heavy atom. The maximum absolute atomic E-state index is 3.50. The molecule has 0 amide bonds. The lowest BCUT2D eigenvalue weighted by Crippen LogP contribution is -2.25. The summed E-state index contributed by atoms with van der Waals surface area (Å²) in [7, 11) is 0. The summed E-state index contributed by atoms with van der Waals surface area (Å²) >= 11 is 3.50. The van der Waals surface area contributed by atoms with Crippen molar-refractivity contribution in [3.8, 4) is 0 Å². The third kappa shape index (κ3) is 6.25. The Bertz CT molecular complexity index is 528. The van der Waals surface area contributed by atoms with E-state index in [2.05, 4.69) is 59.3 Å². The molecule has 0 radical (unpaired) electrons. The monoisotopic (exact) mass is 416 g/mol. The molecule has 0 bridgehead atoms. The Labute approximate surface area is 170 Å². The van der Waals surface area contributed by atoms with E-state index in [0.29, 0.717) is 0 Å². The average Bonchev–Trinajstić information content (AvgIpc) is 2.68. The van der Waals surface area contributed by atoms with Crippen molar-refractivity contribution in [2.75, 3.05) is 0 Å². The quantitative estimate of drug-likeness (QED) is 0.416. The van der Waals surface area contributed by atoms with Crippen molar-refractivity contribution in [2.45, 2.75) is 84.0 Å². The van der Waals surface area contributed by atoms with Gasteiger partial charge in [0, 0.05) is 4.47 Å². The van der Waals surface area contributed by atoms with E-state index in [9.17, 15) is 0 Å². The fraction of sp³-hybridized carbons (Fsp3) is 0.680. The van der Waals surface area contributed by atoms with Gasteiger partial charge in [-0.05, 0) is 79.9 Å². The van der Waals surface area contributed by atoms with Gasteiger partial charge in [-0.15, -0.1) is 0 Å². The van der Waals surface area contributed by atoms with Crippen LogP contribution in [0.1, 0.15) is 89.5 Å². The van der Waals surface area contributed by atoms with Gasteiger partial charge in [-0.3, -0.25) is 0 Å². The van der Waals surface area contributed by atoms with Crippen LogP contribution in [0.5, 0.6) is 0 Å². The maximum atomic E-state index is 3.50. The van der Waals surface area contributed by atoms with E-state index in [0.717, 1.165) is 28.1 Å². The molecule has 0 aliphatic heterocycles. The molecule has 2 fully saturated rings. The fourth-order valence-electron chi connectivity index (χ4n) is 5.43. The number of hydrogen-bond acceptors (Lipinski definition) is 0. The van der Waals surface area contributed by atoms with Gasteiger partial charge >= 0.3 is 0 Å². The molecule has 1 heteroatoms. The molecule has 1 aromatic rings. The lowest BCUT2D eigenvalue weighted by atomic mass is 9.68. The van der Waals surface area contributed by atoms with Crippen molar-refractivity contribution in [3.63, 3.8) is 0 Å². The van der Waals surface area contributed by atoms with Crippen molar-refractivity contribution in [2.24, 2.45) is 23.7 Å². The summed E-state index contributed by atoms with van der Waals surface area (Å²) in [6, 6.07) is 8.61. The molecular weight excluding hydrogens is 380 g/mol. The number of rotatable bonds is 7. The molecule has 26 heavy (non-hydrogen) atoms. The molecule has 0 unspecified atom stereocenters. The molecule has 0 aromatic heterocycles. The molecule has 144 valence electrons. The number of halogens is 1. The number of hydrogen-bond donors (Lipinski definition) is 0. The zero-order chi connectivity index (χ0) is 18.2. The van der Waals surface area contributed by atoms with Crippen molar-refractivity contribution in [1.82, 2.24) is 0 Å². The van der Waals surface area contributed by atoms with E-state index in [4.69, 9.17) is 0 Å². The second-order valence-electron chi connectivity index (χ2n) is 8.88. The first kappa shape index (κ1) is 20.2. The van der Waals surface area contributed by atoms with E-state index in [-0.39, 0.29) is 0 Å².